The molecule has 0 atom stereocenters. The lowest BCUT2D eigenvalue weighted by Gasteiger charge is -2.31. The Balaban J connectivity index is 1.85. The number of sulfonamides is 1. The summed E-state index contributed by atoms with van der Waals surface area (Å²) < 4.78 is 27.7. The number of aliphatic imine (C=N–C) groups is 1. The van der Waals surface area contributed by atoms with Gasteiger partial charge in [0.15, 0.2) is 5.96 Å². The van der Waals surface area contributed by atoms with E-state index in [0.717, 1.165) is 12.8 Å². The second-order valence-corrected chi connectivity index (χ2v) is 7.56. The number of carbonyl (C=O) groups is 1. The van der Waals surface area contributed by atoms with Crippen LogP contribution in [-0.2, 0) is 21.3 Å². The van der Waals surface area contributed by atoms with Gasteiger partial charge in [-0.1, -0.05) is 12.1 Å². The smallest absolute Gasteiger partial charge is 0.409 e. The number of guanidine groups is 1. The molecule has 10 heteroatoms. The van der Waals surface area contributed by atoms with Gasteiger partial charge in [-0.3, -0.25) is 0 Å². The predicted octanol–water partition coefficient (Wildman–Crippen LogP) is 0.359. The maximum absolute atomic E-state index is 11.7. The molecule has 0 aromatic heterocycles. The highest BCUT2D eigenvalue weighted by Gasteiger charge is 2.23. The maximum Gasteiger partial charge on any atom is 0.409 e. The molecule has 1 aliphatic heterocycles. The zero-order chi connectivity index (χ0) is 19.2. The Kier molecular flexibility index (Phi) is 6.81. The van der Waals surface area contributed by atoms with E-state index >= 15 is 0 Å². The van der Waals surface area contributed by atoms with Gasteiger partial charge in [0.1, 0.15) is 0 Å². The highest BCUT2D eigenvalue weighted by Crippen LogP contribution is 2.12. The van der Waals surface area contributed by atoms with Gasteiger partial charge >= 0.3 is 6.09 Å². The summed E-state index contributed by atoms with van der Waals surface area (Å²) in [6, 6.07) is 6.40. The van der Waals surface area contributed by atoms with E-state index in [1.165, 1.54) is 12.1 Å². The number of ether oxygens (including phenoxy) is 1. The lowest BCUT2D eigenvalue weighted by Crippen LogP contribution is -2.48. The Morgan fingerprint density at radius 1 is 1.38 bits per heavy atom. The van der Waals surface area contributed by atoms with Crippen LogP contribution in [0.15, 0.2) is 34.2 Å². The number of likely N-dealkylation sites (tertiary alicyclic amines) is 1. The van der Waals surface area contributed by atoms with Crippen LogP contribution in [0, 0.1) is 0 Å². The Morgan fingerprint density at radius 2 is 2.08 bits per heavy atom. The van der Waals surface area contributed by atoms with Crippen LogP contribution in [0.1, 0.15) is 25.3 Å². The molecule has 2 rings (SSSR count). The SMILES string of the molecule is CCOC(=O)N1CCC(NC(N)=NCc2cccc(S(N)(=O)=O)c2)CC1. The van der Waals surface area contributed by atoms with E-state index in [1.807, 2.05) is 0 Å². The maximum atomic E-state index is 11.7. The first-order chi connectivity index (χ1) is 12.3. The second kappa shape index (κ2) is 8.86. The topological polar surface area (TPSA) is 140 Å². The summed E-state index contributed by atoms with van der Waals surface area (Å²) in [5.41, 5.74) is 6.60. The Labute approximate surface area is 153 Å². The molecule has 1 amide bonds. The number of nitrogens with two attached hydrogens (primary N) is 2. The van der Waals surface area contributed by atoms with E-state index < -0.39 is 10.0 Å². The van der Waals surface area contributed by atoms with Gasteiger partial charge in [-0.15, -0.1) is 0 Å². The molecule has 0 spiro atoms. The van der Waals surface area contributed by atoms with E-state index in [1.54, 1.807) is 24.0 Å². The standard InChI is InChI=1S/C16H25N5O4S/c1-2-25-16(22)21-8-6-13(7-9-21)20-15(17)19-11-12-4-3-5-14(10-12)26(18,23)24/h3-5,10,13H,2,6-9,11H2,1H3,(H3,17,19,20)(H2,18,23,24). The number of hydrogen-bond acceptors (Lipinski definition) is 5. The van der Waals surface area contributed by atoms with Crippen molar-refractivity contribution in [3.8, 4) is 0 Å². The fourth-order valence-electron chi connectivity index (χ4n) is 2.67. The summed E-state index contributed by atoms with van der Waals surface area (Å²) in [5, 5.41) is 8.25. The van der Waals surface area contributed by atoms with E-state index in [-0.39, 0.29) is 29.5 Å². The largest absolute Gasteiger partial charge is 0.450 e. The molecule has 9 nitrogen and oxygen atoms in total. The Hall–Kier alpha value is -2.33. The fraction of sp³-hybridized carbons (Fsp3) is 0.500. The fourth-order valence-corrected chi connectivity index (χ4v) is 3.26. The van der Waals surface area contributed by atoms with Gasteiger partial charge in [0, 0.05) is 19.1 Å². The lowest BCUT2D eigenvalue weighted by atomic mass is 10.1. The summed E-state index contributed by atoms with van der Waals surface area (Å²) in [5.74, 6) is 0.278. The van der Waals surface area contributed by atoms with Gasteiger partial charge in [-0.25, -0.2) is 23.3 Å². The summed E-state index contributed by atoms with van der Waals surface area (Å²) in [6.07, 6.45) is 1.20. The molecule has 1 heterocycles. The van der Waals surface area contributed by atoms with E-state index in [2.05, 4.69) is 10.3 Å². The van der Waals surface area contributed by atoms with Crippen molar-refractivity contribution < 1.29 is 17.9 Å². The number of hydrogen-bond donors (Lipinski definition) is 3. The Morgan fingerprint density at radius 3 is 2.69 bits per heavy atom. The molecule has 0 radical (unpaired) electrons. The van der Waals surface area contributed by atoms with E-state index in [0.29, 0.717) is 25.3 Å². The van der Waals surface area contributed by atoms with Crippen molar-refractivity contribution in [1.29, 1.82) is 0 Å². The lowest BCUT2D eigenvalue weighted by molar-refractivity contribution is 0.0963. The average Bonchev–Trinajstić information content (AvgIpc) is 2.60. The first-order valence-electron chi connectivity index (χ1n) is 8.39. The molecule has 1 aromatic carbocycles. The van der Waals surface area contributed by atoms with Gasteiger partial charge in [0.05, 0.1) is 18.0 Å². The predicted molar refractivity (Wildman–Crippen MR) is 97.9 cm³/mol. The molecule has 5 N–H and O–H groups in total. The average molecular weight is 383 g/mol. The molecule has 1 aliphatic rings. The van der Waals surface area contributed by atoms with Crippen LogP contribution in [0.4, 0.5) is 4.79 Å². The Bertz CT molecular complexity index is 758. The van der Waals surface area contributed by atoms with Crippen LogP contribution in [0.25, 0.3) is 0 Å². The van der Waals surface area contributed by atoms with Crippen LogP contribution in [0.5, 0.6) is 0 Å². The van der Waals surface area contributed by atoms with Crippen LogP contribution < -0.4 is 16.2 Å². The number of benzene rings is 1. The molecule has 0 bridgehead atoms. The van der Waals surface area contributed by atoms with Crippen molar-refractivity contribution in [3.63, 3.8) is 0 Å². The normalized spacial score (nSPS) is 16.4. The third-order valence-electron chi connectivity index (χ3n) is 4.03. The van der Waals surface area contributed by atoms with Gasteiger partial charge < -0.3 is 20.7 Å². The number of nitrogens with one attached hydrogen (secondary N) is 1. The molecule has 0 aliphatic carbocycles. The molecule has 144 valence electrons. The number of piperidine rings is 1. The highest BCUT2D eigenvalue weighted by atomic mass is 32.2. The monoisotopic (exact) mass is 383 g/mol. The third kappa shape index (κ3) is 5.88. The van der Waals surface area contributed by atoms with Crippen LogP contribution >= 0.6 is 0 Å². The van der Waals surface area contributed by atoms with Gasteiger partial charge in [0.25, 0.3) is 0 Å². The molecule has 0 saturated carbocycles. The van der Waals surface area contributed by atoms with Crippen molar-refractivity contribution in [2.45, 2.75) is 37.2 Å². The zero-order valence-electron chi connectivity index (χ0n) is 14.7. The van der Waals surface area contributed by atoms with Crippen molar-refractivity contribution >= 4 is 22.1 Å². The summed E-state index contributed by atoms with van der Waals surface area (Å²) in [4.78, 5) is 17.6. The summed E-state index contributed by atoms with van der Waals surface area (Å²) >= 11 is 0. The van der Waals surface area contributed by atoms with Crippen molar-refractivity contribution in [3.05, 3.63) is 29.8 Å². The van der Waals surface area contributed by atoms with Crippen molar-refractivity contribution in [1.82, 2.24) is 10.2 Å². The molecular formula is C16H25N5O4S. The zero-order valence-corrected chi connectivity index (χ0v) is 15.5. The number of amides is 1. The van der Waals surface area contributed by atoms with Gasteiger partial charge in [-0.2, -0.15) is 0 Å². The number of primary sulfonamides is 1. The minimum atomic E-state index is -3.74. The van der Waals surface area contributed by atoms with Crippen LogP contribution in [0.2, 0.25) is 0 Å². The van der Waals surface area contributed by atoms with Gasteiger partial charge in [-0.05, 0) is 37.5 Å². The van der Waals surface area contributed by atoms with Crippen molar-refractivity contribution in [2.75, 3.05) is 19.7 Å². The molecule has 1 saturated heterocycles. The number of nitrogens with zero attached hydrogens (tertiary/aromatic N) is 2. The molecular weight excluding hydrogens is 358 g/mol. The first-order valence-corrected chi connectivity index (χ1v) is 9.94. The molecule has 26 heavy (non-hydrogen) atoms. The second-order valence-electron chi connectivity index (χ2n) is 6.00. The van der Waals surface area contributed by atoms with E-state index in [9.17, 15) is 13.2 Å². The molecule has 0 unspecified atom stereocenters. The minimum absolute atomic E-state index is 0.0445. The van der Waals surface area contributed by atoms with E-state index in [4.69, 9.17) is 15.6 Å². The summed E-state index contributed by atoms with van der Waals surface area (Å²) in [6.45, 7) is 3.58. The van der Waals surface area contributed by atoms with Crippen LogP contribution in [0.3, 0.4) is 0 Å². The summed E-state index contributed by atoms with van der Waals surface area (Å²) in [7, 11) is -3.74. The van der Waals surface area contributed by atoms with Crippen molar-refractivity contribution in [2.24, 2.45) is 15.9 Å². The third-order valence-corrected chi connectivity index (χ3v) is 4.94. The number of carbonyl (C=O) groups excluding carboxylic acids is 1. The molecule has 1 fully saturated rings. The quantitative estimate of drug-likeness (QED) is 0.495. The van der Waals surface area contributed by atoms with Crippen LogP contribution in [-0.4, -0.2) is 51.1 Å². The van der Waals surface area contributed by atoms with Gasteiger partial charge in [0.2, 0.25) is 10.0 Å². The number of rotatable bonds is 5. The highest BCUT2D eigenvalue weighted by molar-refractivity contribution is 7.89. The first kappa shape index (κ1) is 20.0. The minimum Gasteiger partial charge on any atom is -0.450 e. The molecule has 1 aromatic rings.